The molecule has 7 heteroatoms. The van der Waals surface area contributed by atoms with Gasteiger partial charge >= 0.3 is 13.1 Å². The second-order valence-electron chi connectivity index (χ2n) is 6.61. The van der Waals surface area contributed by atoms with Crippen LogP contribution in [0.5, 0.6) is 0 Å². The van der Waals surface area contributed by atoms with Gasteiger partial charge in [0, 0.05) is 12.6 Å². The number of rotatable bonds is 2. The lowest BCUT2D eigenvalue weighted by atomic mass is 9.67. The van der Waals surface area contributed by atoms with Gasteiger partial charge in [-0.3, -0.25) is 0 Å². The summed E-state index contributed by atoms with van der Waals surface area (Å²) in [5.74, 6) is -1.50. The Balaban J connectivity index is 2.32. The molecule has 1 aliphatic rings. The van der Waals surface area contributed by atoms with E-state index in [-0.39, 0.29) is 13.0 Å². The number of amides is 1. The fourth-order valence-electron chi connectivity index (χ4n) is 2.81. The van der Waals surface area contributed by atoms with E-state index < -0.39 is 30.5 Å². The largest absolute Gasteiger partial charge is 0.483 e. The van der Waals surface area contributed by atoms with Crippen molar-refractivity contribution in [2.45, 2.75) is 44.7 Å². The fraction of sp³-hybridized carbons (Fsp3) is 0.533. The Labute approximate surface area is 128 Å². The highest BCUT2D eigenvalue weighted by molar-refractivity contribution is 6.60. The molecule has 1 amide bonds. The summed E-state index contributed by atoms with van der Waals surface area (Å²) in [7, 11) is 0. The quantitative estimate of drug-likeness (QED) is 0.748. The molecule has 0 radical (unpaired) electrons. The lowest BCUT2D eigenvalue weighted by Crippen LogP contribution is -2.38. The molecule has 1 aromatic rings. The van der Waals surface area contributed by atoms with E-state index in [0.717, 1.165) is 0 Å². The number of nitrogens with zero attached hydrogens (tertiary/aromatic N) is 1. The third-order valence-electron chi connectivity index (χ3n) is 3.70. The first-order chi connectivity index (χ1) is 10.1. The fourth-order valence-corrected chi connectivity index (χ4v) is 2.81. The van der Waals surface area contributed by atoms with E-state index in [1.165, 1.54) is 4.90 Å². The molecule has 0 aliphatic carbocycles. The molecule has 1 heterocycles. The second kappa shape index (κ2) is 5.86. The van der Waals surface area contributed by atoms with Crippen molar-refractivity contribution in [1.82, 2.24) is 4.90 Å². The minimum absolute atomic E-state index is 0.0560. The number of halogens is 3. The lowest BCUT2D eigenvalue weighted by molar-refractivity contribution is 0.0221. The number of likely N-dealkylation sites (tertiary alicyclic amines) is 1. The Hall–Kier alpha value is -1.66. The second-order valence-corrected chi connectivity index (χ2v) is 6.61. The van der Waals surface area contributed by atoms with Crippen LogP contribution in [0.25, 0.3) is 0 Å². The summed E-state index contributed by atoms with van der Waals surface area (Å²) in [6, 6.07) is 7.35. The maximum Gasteiger partial charge on any atom is 0.483 e. The van der Waals surface area contributed by atoms with Gasteiger partial charge < -0.3 is 22.6 Å². The van der Waals surface area contributed by atoms with Gasteiger partial charge in [-0.25, -0.2) is 4.79 Å². The molecule has 1 aliphatic heterocycles. The van der Waals surface area contributed by atoms with Gasteiger partial charge in [-0.1, -0.05) is 36.8 Å². The van der Waals surface area contributed by atoms with Crippen molar-refractivity contribution >= 4 is 13.1 Å². The van der Waals surface area contributed by atoms with Gasteiger partial charge in [-0.05, 0) is 32.2 Å². The van der Waals surface area contributed by atoms with Crippen molar-refractivity contribution in [2.75, 3.05) is 6.54 Å². The van der Waals surface area contributed by atoms with Crippen LogP contribution < -0.4 is 0 Å². The molecule has 0 aromatic heterocycles. The van der Waals surface area contributed by atoms with Crippen molar-refractivity contribution in [3.8, 4) is 0 Å². The highest BCUT2D eigenvalue weighted by Gasteiger charge is 2.48. The monoisotopic (exact) mass is 314 g/mol. The molecule has 1 fully saturated rings. The number of ether oxygens (including phenoxy) is 1. The summed E-state index contributed by atoms with van der Waals surface area (Å²) in [6.07, 6.45) is -0.772. The average molecular weight is 314 g/mol. The Morgan fingerprint density at radius 3 is 2.32 bits per heavy atom. The van der Waals surface area contributed by atoms with Gasteiger partial charge in [0.25, 0.3) is 0 Å². The van der Waals surface area contributed by atoms with Crippen LogP contribution in [-0.2, 0) is 4.74 Å². The van der Waals surface area contributed by atoms with Gasteiger partial charge in [-0.2, -0.15) is 0 Å². The standard InChI is InChI=1S/C15H20BF3NO2/c1-15(2,3)22-14(21)20-10-9-12(16(17,18)19)13(20)11-7-5-4-6-8-11/h4-8,12-13H,9-10H2,1-3H3/q-1. The van der Waals surface area contributed by atoms with Crippen LogP contribution in [0.4, 0.5) is 17.7 Å². The number of carbonyl (C=O) groups excluding carboxylic acids is 1. The summed E-state index contributed by atoms with van der Waals surface area (Å²) < 4.78 is 45.3. The van der Waals surface area contributed by atoms with Crippen LogP contribution in [0, 0.1) is 0 Å². The first kappa shape index (κ1) is 16.7. The third-order valence-corrected chi connectivity index (χ3v) is 3.70. The van der Waals surface area contributed by atoms with Crippen molar-refractivity contribution < 1.29 is 22.5 Å². The van der Waals surface area contributed by atoms with Crippen LogP contribution >= 0.6 is 0 Å². The van der Waals surface area contributed by atoms with E-state index in [2.05, 4.69) is 0 Å². The molecule has 0 spiro atoms. The van der Waals surface area contributed by atoms with Crippen LogP contribution in [-0.4, -0.2) is 30.1 Å². The first-order valence-electron chi connectivity index (χ1n) is 7.34. The van der Waals surface area contributed by atoms with Gasteiger partial charge in [0.2, 0.25) is 0 Å². The first-order valence-corrected chi connectivity index (χ1v) is 7.34. The van der Waals surface area contributed by atoms with E-state index >= 15 is 0 Å². The SMILES string of the molecule is CC(C)(C)OC(=O)N1CCC([B-](F)(F)F)C1c1ccccc1. The molecular formula is C15H20BF3NO2-. The van der Waals surface area contributed by atoms with Gasteiger partial charge in [0.15, 0.2) is 0 Å². The Kier molecular flexibility index (Phi) is 4.45. The maximum atomic E-state index is 13.4. The summed E-state index contributed by atoms with van der Waals surface area (Å²) in [5.41, 5.74) is -0.241. The minimum Gasteiger partial charge on any atom is -0.449 e. The van der Waals surface area contributed by atoms with Crippen molar-refractivity contribution in [1.29, 1.82) is 0 Å². The smallest absolute Gasteiger partial charge is 0.449 e. The molecular weight excluding hydrogens is 294 g/mol. The lowest BCUT2D eigenvalue weighted by Gasteiger charge is -2.34. The molecule has 0 saturated carbocycles. The van der Waals surface area contributed by atoms with Crippen molar-refractivity contribution in [3.05, 3.63) is 35.9 Å². The van der Waals surface area contributed by atoms with E-state index in [4.69, 9.17) is 4.74 Å². The molecule has 0 N–H and O–H groups in total. The predicted octanol–water partition coefficient (Wildman–Crippen LogP) is 4.59. The zero-order chi connectivity index (χ0) is 16.5. The normalized spacial score (nSPS) is 22.7. The molecule has 2 atom stereocenters. The number of hydrogen-bond acceptors (Lipinski definition) is 2. The van der Waals surface area contributed by atoms with Crippen LogP contribution in [0.1, 0.15) is 38.8 Å². The minimum atomic E-state index is -5.03. The molecule has 3 nitrogen and oxygen atoms in total. The van der Waals surface area contributed by atoms with E-state index in [1.807, 2.05) is 0 Å². The predicted molar refractivity (Wildman–Crippen MR) is 79.6 cm³/mol. The maximum absolute atomic E-state index is 13.4. The topological polar surface area (TPSA) is 29.5 Å². The molecule has 22 heavy (non-hydrogen) atoms. The number of hydrogen-bond donors (Lipinski definition) is 0. The number of benzene rings is 1. The van der Waals surface area contributed by atoms with Crippen LogP contribution in [0.15, 0.2) is 30.3 Å². The van der Waals surface area contributed by atoms with Gasteiger partial charge in [0.1, 0.15) is 5.60 Å². The van der Waals surface area contributed by atoms with Crippen molar-refractivity contribution in [2.24, 2.45) is 0 Å². The zero-order valence-corrected chi connectivity index (χ0v) is 12.9. The van der Waals surface area contributed by atoms with Crippen LogP contribution in [0.3, 0.4) is 0 Å². The van der Waals surface area contributed by atoms with Gasteiger partial charge in [-0.15, -0.1) is 0 Å². The molecule has 0 bridgehead atoms. The summed E-state index contributed by atoms with van der Waals surface area (Å²) >= 11 is 0. The van der Waals surface area contributed by atoms with E-state index in [1.54, 1.807) is 51.1 Å². The third kappa shape index (κ3) is 3.75. The molecule has 2 rings (SSSR count). The molecule has 2 unspecified atom stereocenters. The number of carbonyl (C=O) groups is 1. The Morgan fingerprint density at radius 1 is 1.23 bits per heavy atom. The highest BCUT2D eigenvalue weighted by Crippen LogP contribution is 2.48. The van der Waals surface area contributed by atoms with E-state index in [0.29, 0.717) is 5.56 Å². The zero-order valence-electron chi connectivity index (χ0n) is 12.9. The molecule has 122 valence electrons. The average Bonchev–Trinajstić information content (AvgIpc) is 2.82. The molecule has 1 aromatic carbocycles. The Morgan fingerprint density at radius 2 is 1.82 bits per heavy atom. The van der Waals surface area contributed by atoms with Crippen molar-refractivity contribution in [3.63, 3.8) is 0 Å². The highest BCUT2D eigenvalue weighted by atomic mass is 19.4. The summed E-state index contributed by atoms with van der Waals surface area (Å²) in [4.78, 5) is 13.5. The van der Waals surface area contributed by atoms with E-state index in [9.17, 15) is 17.7 Å². The Bertz CT molecular complexity index is 528. The summed E-state index contributed by atoms with van der Waals surface area (Å²) in [5, 5.41) is 0. The van der Waals surface area contributed by atoms with Crippen LogP contribution in [0.2, 0.25) is 5.82 Å². The molecule has 1 saturated heterocycles. The van der Waals surface area contributed by atoms with Gasteiger partial charge in [0.05, 0.1) is 0 Å². The summed E-state index contributed by atoms with van der Waals surface area (Å²) in [6.45, 7) is 0.118.